The van der Waals surface area contributed by atoms with Gasteiger partial charge in [-0.1, -0.05) is 45.0 Å². The highest BCUT2D eigenvalue weighted by Crippen LogP contribution is 2.10. The van der Waals surface area contributed by atoms with Crippen LogP contribution in [0.3, 0.4) is 0 Å². The van der Waals surface area contributed by atoms with Gasteiger partial charge in [-0.15, -0.1) is 0 Å². The highest BCUT2D eigenvalue weighted by Gasteiger charge is 2.09. The lowest BCUT2D eigenvalue weighted by Crippen LogP contribution is -2.34. The molecule has 0 bridgehead atoms. The van der Waals surface area contributed by atoms with Gasteiger partial charge < -0.3 is 4.90 Å². The van der Waals surface area contributed by atoms with E-state index >= 15 is 0 Å². The van der Waals surface area contributed by atoms with Crippen LogP contribution in [0.25, 0.3) is 0 Å². The molecule has 1 aromatic carbocycles. The van der Waals surface area contributed by atoms with Gasteiger partial charge in [-0.3, -0.25) is 4.90 Å². The molecule has 0 heterocycles. The largest absolute Gasteiger partial charge is 0.308 e. The van der Waals surface area contributed by atoms with Crippen molar-refractivity contribution < 1.29 is 0 Å². The van der Waals surface area contributed by atoms with Crippen molar-refractivity contribution in [2.24, 2.45) is 5.92 Å². The fourth-order valence-electron chi connectivity index (χ4n) is 2.30. The Balaban J connectivity index is 2.63. The quantitative estimate of drug-likeness (QED) is 0.709. The molecule has 0 saturated carbocycles. The van der Waals surface area contributed by atoms with Crippen molar-refractivity contribution in [1.29, 1.82) is 0 Å². The predicted molar refractivity (Wildman–Crippen MR) is 84.5 cm³/mol. The van der Waals surface area contributed by atoms with Crippen molar-refractivity contribution in [2.45, 2.75) is 33.7 Å². The lowest BCUT2D eigenvalue weighted by molar-refractivity contribution is 0.211. The summed E-state index contributed by atoms with van der Waals surface area (Å²) in [6.07, 6.45) is 1.12. The van der Waals surface area contributed by atoms with E-state index in [0.717, 1.165) is 32.0 Å². The van der Waals surface area contributed by atoms with E-state index < -0.39 is 0 Å². The second kappa shape index (κ2) is 8.34. The summed E-state index contributed by atoms with van der Waals surface area (Å²) in [5.74, 6) is 0.719. The van der Waals surface area contributed by atoms with Crippen LogP contribution < -0.4 is 0 Å². The Labute approximate surface area is 119 Å². The molecular formula is C17H30N2. The highest BCUT2D eigenvalue weighted by molar-refractivity contribution is 5.23. The van der Waals surface area contributed by atoms with Gasteiger partial charge in [0, 0.05) is 26.2 Å². The van der Waals surface area contributed by atoms with Crippen molar-refractivity contribution in [3.05, 3.63) is 35.4 Å². The summed E-state index contributed by atoms with van der Waals surface area (Å²) < 4.78 is 0. The van der Waals surface area contributed by atoms with Crippen LogP contribution >= 0.6 is 0 Å². The third kappa shape index (κ3) is 6.74. The third-order valence-corrected chi connectivity index (χ3v) is 3.29. The molecule has 0 atom stereocenters. The standard InChI is InChI=1S/C17H30N2/c1-6-16-8-7-9-17(12-16)14-19(13-15(2)3)11-10-18(4)5/h7-9,12,15H,6,10-11,13-14H2,1-5H3. The van der Waals surface area contributed by atoms with Crippen LogP contribution in [0.5, 0.6) is 0 Å². The zero-order valence-electron chi connectivity index (χ0n) is 13.3. The summed E-state index contributed by atoms with van der Waals surface area (Å²) in [7, 11) is 4.29. The molecule has 0 saturated heterocycles. The Kier molecular flexibility index (Phi) is 7.11. The molecular weight excluding hydrogens is 232 g/mol. The van der Waals surface area contributed by atoms with Crippen LogP contribution in [0.1, 0.15) is 31.9 Å². The van der Waals surface area contributed by atoms with Gasteiger partial charge in [-0.2, -0.15) is 0 Å². The Bertz CT molecular complexity index is 358. The molecule has 0 aliphatic rings. The number of hydrogen-bond donors (Lipinski definition) is 0. The first kappa shape index (κ1) is 16.2. The normalized spacial score (nSPS) is 11.8. The summed E-state index contributed by atoms with van der Waals surface area (Å²) >= 11 is 0. The van der Waals surface area contributed by atoms with Gasteiger partial charge >= 0.3 is 0 Å². The maximum Gasteiger partial charge on any atom is 0.0234 e. The average Bonchev–Trinajstić information content (AvgIpc) is 2.35. The molecule has 108 valence electrons. The zero-order valence-corrected chi connectivity index (χ0v) is 13.3. The first-order chi connectivity index (χ1) is 9.01. The average molecular weight is 262 g/mol. The lowest BCUT2D eigenvalue weighted by Gasteiger charge is -2.26. The zero-order chi connectivity index (χ0) is 14.3. The second-order valence-corrected chi connectivity index (χ2v) is 6.11. The van der Waals surface area contributed by atoms with Crippen molar-refractivity contribution in [3.8, 4) is 0 Å². The van der Waals surface area contributed by atoms with Crippen LogP contribution in [0.2, 0.25) is 0 Å². The van der Waals surface area contributed by atoms with Crippen molar-refractivity contribution in [1.82, 2.24) is 9.80 Å². The summed E-state index contributed by atoms with van der Waals surface area (Å²) in [6, 6.07) is 9.01. The van der Waals surface area contributed by atoms with E-state index in [4.69, 9.17) is 0 Å². The number of aryl methyl sites for hydroxylation is 1. The van der Waals surface area contributed by atoms with E-state index in [9.17, 15) is 0 Å². The van der Waals surface area contributed by atoms with E-state index in [-0.39, 0.29) is 0 Å². The van der Waals surface area contributed by atoms with Gasteiger partial charge in [0.2, 0.25) is 0 Å². The number of hydrogen-bond acceptors (Lipinski definition) is 2. The highest BCUT2D eigenvalue weighted by atomic mass is 15.2. The van der Waals surface area contributed by atoms with Gasteiger partial charge in [-0.05, 0) is 37.6 Å². The molecule has 0 aliphatic carbocycles. The number of rotatable bonds is 8. The van der Waals surface area contributed by atoms with Gasteiger partial charge in [0.05, 0.1) is 0 Å². The smallest absolute Gasteiger partial charge is 0.0234 e. The lowest BCUT2D eigenvalue weighted by atomic mass is 10.1. The minimum absolute atomic E-state index is 0.719. The van der Waals surface area contributed by atoms with Crippen molar-refractivity contribution >= 4 is 0 Å². The fraction of sp³-hybridized carbons (Fsp3) is 0.647. The molecule has 2 heteroatoms. The van der Waals surface area contributed by atoms with Crippen LogP contribution in [0, 0.1) is 5.92 Å². The van der Waals surface area contributed by atoms with E-state index in [1.165, 1.54) is 17.7 Å². The van der Waals surface area contributed by atoms with Gasteiger partial charge in [0.1, 0.15) is 0 Å². The fourth-order valence-corrected chi connectivity index (χ4v) is 2.30. The number of likely N-dealkylation sites (N-methyl/N-ethyl adjacent to an activating group) is 1. The van der Waals surface area contributed by atoms with Crippen LogP contribution in [-0.4, -0.2) is 43.5 Å². The Morgan fingerprint density at radius 1 is 1.05 bits per heavy atom. The first-order valence-corrected chi connectivity index (χ1v) is 7.46. The molecule has 0 amide bonds. The van der Waals surface area contributed by atoms with Crippen LogP contribution in [0.4, 0.5) is 0 Å². The SMILES string of the molecule is CCc1cccc(CN(CCN(C)C)CC(C)C)c1. The Morgan fingerprint density at radius 3 is 2.32 bits per heavy atom. The van der Waals surface area contributed by atoms with Gasteiger partial charge in [0.15, 0.2) is 0 Å². The molecule has 2 nitrogen and oxygen atoms in total. The topological polar surface area (TPSA) is 6.48 Å². The van der Waals surface area contributed by atoms with Crippen molar-refractivity contribution in [3.63, 3.8) is 0 Å². The summed E-state index contributed by atoms with van der Waals surface area (Å²) in [5.41, 5.74) is 2.88. The minimum atomic E-state index is 0.719. The summed E-state index contributed by atoms with van der Waals surface area (Å²) in [6.45, 7) is 11.3. The predicted octanol–water partition coefficient (Wildman–Crippen LogP) is 3.27. The third-order valence-electron chi connectivity index (χ3n) is 3.29. The number of benzene rings is 1. The molecule has 19 heavy (non-hydrogen) atoms. The molecule has 0 aliphatic heterocycles. The molecule has 0 N–H and O–H groups in total. The molecule has 0 fully saturated rings. The van der Waals surface area contributed by atoms with Gasteiger partial charge in [0.25, 0.3) is 0 Å². The molecule has 0 radical (unpaired) electrons. The van der Waals surface area contributed by atoms with E-state index in [1.807, 2.05) is 0 Å². The Morgan fingerprint density at radius 2 is 1.74 bits per heavy atom. The summed E-state index contributed by atoms with van der Waals surface area (Å²) in [4.78, 5) is 4.83. The van der Waals surface area contributed by atoms with E-state index in [0.29, 0.717) is 0 Å². The van der Waals surface area contributed by atoms with Crippen LogP contribution in [-0.2, 0) is 13.0 Å². The van der Waals surface area contributed by atoms with E-state index in [2.05, 4.69) is 68.9 Å². The molecule has 0 spiro atoms. The number of nitrogens with zero attached hydrogens (tertiary/aromatic N) is 2. The van der Waals surface area contributed by atoms with Crippen LogP contribution in [0.15, 0.2) is 24.3 Å². The molecule has 0 unspecified atom stereocenters. The van der Waals surface area contributed by atoms with Gasteiger partial charge in [-0.25, -0.2) is 0 Å². The maximum atomic E-state index is 2.57. The molecule has 0 aromatic heterocycles. The monoisotopic (exact) mass is 262 g/mol. The second-order valence-electron chi connectivity index (χ2n) is 6.11. The van der Waals surface area contributed by atoms with E-state index in [1.54, 1.807) is 0 Å². The summed E-state index contributed by atoms with van der Waals surface area (Å²) in [5, 5.41) is 0. The molecule has 1 rings (SSSR count). The molecule has 1 aromatic rings. The maximum absolute atomic E-state index is 2.57. The first-order valence-electron chi connectivity index (χ1n) is 7.46. The Hall–Kier alpha value is -0.860. The van der Waals surface area contributed by atoms with Crippen molar-refractivity contribution in [2.75, 3.05) is 33.7 Å². The minimum Gasteiger partial charge on any atom is -0.308 e.